The van der Waals surface area contributed by atoms with Crippen LogP contribution < -0.4 is 10.6 Å². The third-order valence-corrected chi connectivity index (χ3v) is 4.64. The number of anilines is 1. The zero-order chi connectivity index (χ0) is 15.5. The average molecular weight is 375 g/mol. The van der Waals surface area contributed by atoms with Crippen LogP contribution in [0.3, 0.4) is 0 Å². The molecule has 2 aliphatic heterocycles. The number of piperidine rings is 1. The molecular formula is C17H28Cl2N4O. The molecule has 7 heteroatoms. The van der Waals surface area contributed by atoms with Gasteiger partial charge in [0, 0.05) is 44.5 Å². The Morgan fingerprint density at radius 2 is 1.71 bits per heavy atom. The lowest BCUT2D eigenvalue weighted by molar-refractivity contribution is 0.0825. The highest BCUT2D eigenvalue weighted by atomic mass is 35.5. The van der Waals surface area contributed by atoms with Crippen LogP contribution in [0.25, 0.3) is 0 Å². The van der Waals surface area contributed by atoms with Gasteiger partial charge in [-0.2, -0.15) is 0 Å². The van der Waals surface area contributed by atoms with Crippen molar-refractivity contribution in [1.29, 1.82) is 0 Å². The van der Waals surface area contributed by atoms with E-state index >= 15 is 0 Å². The quantitative estimate of drug-likeness (QED) is 0.846. The lowest BCUT2D eigenvalue weighted by Gasteiger charge is -2.46. The van der Waals surface area contributed by atoms with Gasteiger partial charge in [0.2, 0.25) is 0 Å². The number of halogens is 2. The van der Waals surface area contributed by atoms with Gasteiger partial charge in [0.15, 0.2) is 0 Å². The van der Waals surface area contributed by atoms with E-state index in [0.29, 0.717) is 6.04 Å². The lowest BCUT2D eigenvalue weighted by atomic mass is 9.98. The van der Waals surface area contributed by atoms with Crippen molar-refractivity contribution < 1.29 is 4.79 Å². The van der Waals surface area contributed by atoms with E-state index < -0.39 is 0 Å². The van der Waals surface area contributed by atoms with E-state index in [1.807, 2.05) is 24.3 Å². The van der Waals surface area contributed by atoms with Gasteiger partial charge >= 0.3 is 0 Å². The number of hydrogen-bond acceptors (Lipinski definition) is 4. The van der Waals surface area contributed by atoms with Crippen LogP contribution in [-0.2, 0) is 0 Å². The number of rotatable bonds is 4. The molecule has 0 aromatic heterocycles. The zero-order valence-corrected chi connectivity index (χ0v) is 16.0. The molecule has 0 radical (unpaired) electrons. The lowest BCUT2D eigenvalue weighted by Crippen LogP contribution is -2.60. The van der Waals surface area contributed by atoms with Crippen LogP contribution >= 0.6 is 24.8 Å². The Morgan fingerprint density at radius 3 is 2.25 bits per heavy atom. The molecule has 0 bridgehead atoms. The molecule has 1 amide bonds. The van der Waals surface area contributed by atoms with Gasteiger partial charge < -0.3 is 15.5 Å². The van der Waals surface area contributed by atoms with Gasteiger partial charge in [-0.15, -0.1) is 24.8 Å². The summed E-state index contributed by atoms with van der Waals surface area (Å²) in [5.41, 5.74) is 1.84. The van der Waals surface area contributed by atoms with Crippen molar-refractivity contribution in [3.05, 3.63) is 29.8 Å². The SMILES string of the molecule is CN(C)C(=O)c1ccc(NC2CN(C3CCNCC3)C2)cc1.Cl.Cl. The number of carbonyl (C=O) groups is 1. The van der Waals surface area contributed by atoms with Crippen molar-refractivity contribution in [1.82, 2.24) is 15.1 Å². The first-order valence-corrected chi connectivity index (χ1v) is 8.16. The molecule has 3 rings (SSSR count). The summed E-state index contributed by atoms with van der Waals surface area (Å²) in [6.07, 6.45) is 2.54. The van der Waals surface area contributed by atoms with Crippen LogP contribution in [0.1, 0.15) is 23.2 Å². The van der Waals surface area contributed by atoms with E-state index in [2.05, 4.69) is 15.5 Å². The van der Waals surface area contributed by atoms with E-state index in [-0.39, 0.29) is 30.7 Å². The predicted molar refractivity (Wildman–Crippen MR) is 104 cm³/mol. The Balaban J connectivity index is 0.00000144. The van der Waals surface area contributed by atoms with Crippen molar-refractivity contribution in [2.45, 2.75) is 24.9 Å². The van der Waals surface area contributed by atoms with Crippen molar-refractivity contribution in [2.75, 3.05) is 45.6 Å². The third-order valence-electron chi connectivity index (χ3n) is 4.64. The molecule has 24 heavy (non-hydrogen) atoms. The molecule has 1 aromatic carbocycles. The van der Waals surface area contributed by atoms with Gasteiger partial charge in [0.25, 0.3) is 5.91 Å². The van der Waals surface area contributed by atoms with E-state index in [1.54, 1.807) is 19.0 Å². The van der Waals surface area contributed by atoms with Crippen molar-refractivity contribution in [3.63, 3.8) is 0 Å². The Kier molecular flexibility index (Phi) is 8.30. The minimum absolute atomic E-state index is 0. The number of nitrogens with one attached hydrogen (secondary N) is 2. The Labute approximate surface area is 157 Å². The molecule has 0 saturated carbocycles. The van der Waals surface area contributed by atoms with E-state index in [0.717, 1.165) is 43.5 Å². The van der Waals surface area contributed by atoms with Crippen LogP contribution in [0.5, 0.6) is 0 Å². The van der Waals surface area contributed by atoms with E-state index in [1.165, 1.54) is 12.8 Å². The summed E-state index contributed by atoms with van der Waals surface area (Å²) in [4.78, 5) is 16.0. The van der Waals surface area contributed by atoms with Crippen LogP contribution in [0.4, 0.5) is 5.69 Å². The fourth-order valence-corrected chi connectivity index (χ4v) is 3.28. The van der Waals surface area contributed by atoms with E-state index in [4.69, 9.17) is 0 Å². The van der Waals surface area contributed by atoms with Gasteiger partial charge in [-0.3, -0.25) is 9.69 Å². The number of carbonyl (C=O) groups excluding carboxylic acids is 1. The highest BCUT2D eigenvalue weighted by Crippen LogP contribution is 2.22. The predicted octanol–water partition coefficient (Wildman–Crippen LogP) is 2.08. The van der Waals surface area contributed by atoms with Gasteiger partial charge in [-0.05, 0) is 50.2 Å². The van der Waals surface area contributed by atoms with Crippen molar-refractivity contribution in [3.8, 4) is 0 Å². The number of hydrogen-bond donors (Lipinski definition) is 2. The first kappa shape index (κ1) is 21.0. The molecule has 2 fully saturated rings. The fourth-order valence-electron chi connectivity index (χ4n) is 3.28. The second kappa shape index (κ2) is 9.47. The zero-order valence-electron chi connectivity index (χ0n) is 14.3. The molecule has 0 spiro atoms. The normalized spacial score (nSPS) is 18.8. The molecule has 1 aromatic rings. The number of amides is 1. The summed E-state index contributed by atoms with van der Waals surface area (Å²) in [5, 5.41) is 6.98. The summed E-state index contributed by atoms with van der Waals surface area (Å²) in [5.74, 6) is 0.0484. The highest BCUT2D eigenvalue weighted by Gasteiger charge is 2.32. The topological polar surface area (TPSA) is 47.6 Å². The Morgan fingerprint density at radius 1 is 1.12 bits per heavy atom. The van der Waals surface area contributed by atoms with Crippen LogP contribution in [0, 0.1) is 0 Å². The summed E-state index contributed by atoms with van der Waals surface area (Å²) in [7, 11) is 3.55. The first-order valence-electron chi connectivity index (χ1n) is 8.16. The third kappa shape index (κ3) is 4.99. The maximum atomic E-state index is 11.9. The standard InChI is InChI=1S/C17H26N4O.2ClH/c1-20(2)17(22)13-3-5-14(6-4-13)19-15-11-21(12-15)16-7-9-18-10-8-16;;/h3-6,15-16,18-19H,7-12H2,1-2H3;2*1H. The molecule has 2 N–H and O–H groups in total. The molecule has 2 saturated heterocycles. The van der Waals surface area contributed by atoms with E-state index in [9.17, 15) is 4.79 Å². The minimum atomic E-state index is 0. The summed E-state index contributed by atoms with van der Waals surface area (Å²) in [6.45, 7) is 4.56. The molecular weight excluding hydrogens is 347 g/mol. The molecule has 136 valence electrons. The monoisotopic (exact) mass is 374 g/mol. The van der Waals surface area contributed by atoms with Gasteiger partial charge in [0.05, 0.1) is 6.04 Å². The second-order valence-electron chi connectivity index (χ2n) is 6.55. The smallest absolute Gasteiger partial charge is 0.253 e. The molecule has 0 atom stereocenters. The number of benzene rings is 1. The molecule has 2 heterocycles. The van der Waals surface area contributed by atoms with Crippen LogP contribution in [0.2, 0.25) is 0 Å². The molecule has 0 unspecified atom stereocenters. The maximum absolute atomic E-state index is 11.9. The van der Waals surface area contributed by atoms with Gasteiger partial charge in [0.1, 0.15) is 0 Å². The van der Waals surface area contributed by atoms with Gasteiger partial charge in [-0.1, -0.05) is 0 Å². The largest absolute Gasteiger partial charge is 0.380 e. The molecule has 0 aliphatic carbocycles. The van der Waals surface area contributed by atoms with Gasteiger partial charge in [-0.25, -0.2) is 0 Å². The number of likely N-dealkylation sites (tertiary alicyclic amines) is 1. The fraction of sp³-hybridized carbons (Fsp3) is 0.588. The average Bonchev–Trinajstić information content (AvgIpc) is 2.51. The van der Waals surface area contributed by atoms with Crippen molar-refractivity contribution >= 4 is 36.4 Å². The number of nitrogens with zero attached hydrogens (tertiary/aromatic N) is 2. The summed E-state index contributed by atoms with van der Waals surface area (Å²) < 4.78 is 0. The first-order chi connectivity index (χ1) is 10.6. The molecule has 2 aliphatic rings. The highest BCUT2D eigenvalue weighted by molar-refractivity contribution is 5.94. The summed E-state index contributed by atoms with van der Waals surface area (Å²) in [6, 6.07) is 9.10. The van der Waals surface area contributed by atoms with Crippen LogP contribution in [0.15, 0.2) is 24.3 Å². The Bertz CT molecular complexity index is 512. The van der Waals surface area contributed by atoms with Crippen LogP contribution in [-0.4, -0.2) is 68.1 Å². The minimum Gasteiger partial charge on any atom is -0.380 e. The Hall–Kier alpha value is -1.01. The van der Waals surface area contributed by atoms with Crippen molar-refractivity contribution in [2.24, 2.45) is 0 Å². The molecule has 5 nitrogen and oxygen atoms in total. The maximum Gasteiger partial charge on any atom is 0.253 e. The summed E-state index contributed by atoms with van der Waals surface area (Å²) >= 11 is 0. The second-order valence-corrected chi connectivity index (χ2v) is 6.55.